The Kier molecular flexibility index (Phi) is 1.91. The second-order valence-electron chi connectivity index (χ2n) is 2.09. The van der Waals surface area contributed by atoms with Crippen LogP contribution in [0.1, 0.15) is 6.92 Å². The molecular formula is C6H11N3O. The van der Waals surface area contributed by atoms with E-state index in [0.29, 0.717) is 6.54 Å². The second-order valence-corrected chi connectivity index (χ2v) is 2.09. The summed E-state index contributed by atoms with van der Waals surface area (Å²) in [6, 6.07) is -0.127. The molecule has 1 rings (SSSR count). The summed E-state index contributed by atoms with van der Waals surface area (Å²) in [7, 11) is 0. The normalized spacial score (nSPS) is 24.8. The van der Waals surface area contributed by atoms with Crippen LogP contribution in [0.25, 0.3) is 0 Å². The summed E-state index contributed by atoms with van der Waals surface area (Å²) in [5.41, 5.74) is 5.56. The van der Waals surface area contributed by atoms with Crippen molar-refractivity contribution in [1.29, 1.82) is 0 Å². The molecule has 0 bridgehead atoms. The van der Waals surface area contributed by atoms with Gasteiger partial charge in [0.25, 0.3) is 0 Å². The van der Waals surface area contributed by atoms with Crippen LogP contribution in [-0.2, 0) is 0 Å². The SMILES string of the molecule is CCN1C(=O)NC=CC1N. The lowest BCUT2D eigenvalue weighted by Crippen LogP contribution is -2.50. The lowest BCUT2D eigenvalue weighted by atomic mass is 10.3. The second kappa shape index (κ2) is 2.70. The summed E-state index contributed by atoms with van der Waals surface area (Å²) in [6.45, 7) is 2.52. The van der Waals surface area contributed by atoms with E-state index in [1.54, 1.807) is 17.2 Å². The molecule has 0 spiro atoms. The summed E-state index contributed by atoms with van der Waals surface area (Å²) in [5, 5.41) is 2.54. The van der Waals surface area contributed by atoms with Crippen LogP contribution in [0, 0.1) is 0 Å². The Labute approximate surface area is 59.7 Å². The summed E-state index contributed by atoms with van der Waals surface area (Å²) >= 11 is 0. The van der Waals surface area contributed by atoms with E-state index in [1.165, 1.54) is 0 Å². The van der Waals surface area contributed by atoms with Crippen molar-refractivity contribution < 1.29 is 4.79 Å². The van der Waals surface area contributed by atoms with E-state index >= 15 is 0 Å². The first-order valence-electron chi connectivity index (χ1n) is 3.25. The van der Waals surface area contributed by atoms with Crippen LogP contribution in [0.15, 0.2) is 12.3 Å². The fourth-order valence-electron chi connectivity index (χ4n) is 0.895. The Morgan fingerprint density at radius 1 is 1.90 bits per heavy atom. The first kappa shape index (κ1) is 7.08. The molecule has 56 valence electrons. The Hall–Kier alpha value is -1.03. The van der Waals surface area contributed by atoms with Gasteiger partial charge in [-0.1, -0.05) is 0 Å². The number of nitrogens with one attached hydrogen (secondary N) is 1. The predicted octanol–water partition coefficient (Wildman–Crippen LogP) is -0.170. The third-order valence-corrected chi connectivity index (χ3v) is 1.46. The van der Waals surface area contributed by atoms with Crippen LogP contribution in [0.5, 0.6) is 0 Å². The summed E-state index contributed by atoms with van der Waals surface area (Å²) in [6.07, 6.45) is 3.04. The van der Waals surface area contributed by atoms with Crippen molar-refractivity contribution in [2.45, 2.75) is 13.1 Å². The number of hydrogen-bond donors (Lipinski definition) is 2. The molecule has 4 heteroatoms. The van der Waals surface area contributed by atoms with Gasteiger partial charge in [-0.15, -0.1) is 0 Å². The van der Waals surface area contributed by atoms with Gasteiger partial charge in [0.1, 0.15) is 6.17 Å². The minimum atomic E-state index is -0.265. The van der Waals surface area contributed by atoms with E-state index in [-0.39, 0.29) is 12.2 Å². The quantitative estimate of drug-likeness (QED) is 0.532. The number of urea groups is 1. The molecule has 0 aliphatic carbocycles. The van der Waals surface area contributed by atoms with Gasteiger partial charge < -0.3 is 16.0 Å². The molecule has 2 amide bonds. The average Bonchev–Trinajstić information content (AvgIpc) is 1.88. The first-order chi connectivity index (χ1) is 4.75. The van der Waals surface area contributed by atoms with E-state index in [9.17, 15) is 4.79 Å². The zero-order chi connectivity index (χ0) is 7.56. The topological polar surface area (TPSA) is 58.4 Å². The van der Waals surface area contributed by atoms with Crippen molar-refractivity contribution >= 4 is 6.03 Å². The summed E-state index contributed by atoms with van der Waals surface area (Å²) in [5.74, 6) is 0. The van der Waals surface area contributed by atoms with Crippen LogP contribution in [-0.4, -0.2) is 23.6 Å². The highest BCUT2D eigenvalue weighted by Crippen LogP contribution is 1.99. The van der Waals surface area contributed by atoms with Crippen molar-refractivity contribution in [3.05, 3.63) is 12.3 Å². The third kappa shape index (κ3) is 1.11. The zero-order valence-electron chi connectivity index (χ0n) is 5.87. The molecule has 4 nitrogen and oxygen atoms in total. The third-order valence-electron chi connectivity index (χ3n) is 1.46. The molecule has 10 heavy (non-hydrogen) atoms. The number of carbonyl (C=O) groups excluding carboxylic acids is 1. The monoisotopic (exact) mass is 141 g/mol. The smallest absolute Gasteiger partial charge is 0.315 e. The highest BCUT2D eigenvalue weighted by atomic mass is 16.2. The lowest BCUT2D eigenvalue weighted by Gasteiger charge is -2.27. The van der Waals surface area contributed by atoms with Gasteiger partial charge in [-0.3, -0.25) is 0 Å². The van der Waals surface area contributed by atoms with Crippen LogP contribution in [0.3, 0.4) is 0 Å². The molecule has 0 fully saturated rings. The lowest BCUT2D eigenvalue weighted by molar-refractivity contribution is 0.190. The number of nitrogens with two attached hydrogens (primary N) is 1. The van der Waals surface area contributed by atoms with Gasteiger partial charge in [-0.2, -0.15) is 0 Å². The molecule has 3 N–H and O–H groups in total. The summed E-state index contributed by atoms with van der Waals surface area (Å²) in [4.78, 5) is 12.5. The molecule has 1 aliphatic rings. The minimum absolute atomic E-state index is 0.127. The molecule has 1 aliphatic heterocycles. The molecule has 0 radical (unpaired) electrons. The van der Waals surface area contributed by atoms with Gasteiger partial charge >= 0.3 is 6.03 Å². The maximum Gasteiger partial charge on any atom is 0.322 e. The highest BCUT2D eigenvalue weighted by Gasteiger charge is 2.18. The van der Waals surface area contributed by atoms with Gasteiger partial charge in [0.2, 0.25) is 0 Å². The van der Waals surface area contributed by atoms with E-state index in [0.717, 1.165) is 0 Å². The van der Waals surface area contributed by atoms with E-state index < -0.39 is 0 Å². The van der Waals surface area contributed by atoms with Crippen LogP contribution in [0.4, 0.5) is 4.79 Å². The zero-order valence-corrected chi connectivity index (χ0v) is 5.87. The first-order valence-corrected chi connectivity index (χ1v) is 3.25. The molecule has 0 saturated heterocycles. The number of likely N-dealkylation sites (N-methyl/N-ethyl adjacent to an activating group) is 1. The highest BCUT2D eigenvalue weighted by molar-refractivity contribution is 5.76. The van der Waals surface area contributed by atoms with Crippen molar-refractivity contribution in [2.75, 3.05) is 6.54 Å². The molecule has 0 aromatic carbocycles. The number of rotatable bonds is 1. The van der Waals surface area contributed by atoms with E-state index in [4.69, 9.17) is 5.73 Å². The van der Waals surface area contributed by atoms with E-state index in [1.807, 2.05) is 6.92 Å². The molecule has 0 saturated carbocycles. The standard InChI is InChI=1S/C6H11N3O/c1-2-9-5(7)3-4-8-6(9)10/h3-5H,2,7H2,1H3,(H,8,10). The average molecular weight is 141 g/mol. The van der Waals surface area contributed by atoms with Crippen LogP contribution in [0.2, 0.25) is 0 Å². The van der Waals surface area contributed by atoms with Gasteiger partial charge in [0.15, 0.2) is 0 Å². The Bertz CT molecular complexity index is 166. The molecular weight excluding hydrogens is 130 g/mol. The van der Waals surface area contributed by atoms with E-state index in [2.05, 4.69) is 5.32 Å². The van der Waals surface area contributed by atoms with Crippen molar-refractivity contribution in [3.63, 3.8) is 0 Å². The summed E-state index contributed by atoms with van der Waals surface area (Å²) < 4.78 is 0. The number of carbonyl (C=O) groups is 1. The number of hydrogen-bond acceptors (Lipinski definition) is 2. The van der Waals surface area contributed by atoms with Crippen molar-refractivity contribution in [3.8, 4) is 0 Å². The largest absolute Gasteiger partial charge is 0.322 e. The maximum absolute atomic E-state index is 10.9. The molecule has 1 unspecified atom stereocenters. The molecule has 0 aromatic heterocycles. The Morgan fingerprint density at radius 2 is 2.60 bits per heavy atom. The van der Waals surface area contributed by atoms with Gasteiger partial charge in [-0.05, 0) is 13.0 Å². The van der Waals surface area contributed by atoms with Gasteiger partial charge in [0, 0.05) is 12.7 Å². The molecule has 1 heterocycles. The Morgan fingerprint density at radius 3 is 3.00 bits per heavy atom. The number of nitrogens with zero attached hydrogens (tertiary/aromatic N) is 1. The number of amides is 2. The van der Waals surface area contributed by atoms with Gasteiger partial charge in [-0.25, -0.2) is 4.79 Å². The molecule has 1 atom stereocenters. The van der Waals surface area contributed by atoms with Crippen LogP contribution < -0.4 is 11.1 Å². The Balaban J connectivity index is 2.68. The molecule has 0 aromatic rings. The minimum Gasteiger partial charge on any atom is -0.315 e. The van der Waals surface area contributed by atoms with Gasteiger partial charge in [0.05, 0.1) is 0 Å². The predicted molar refractivity (Wildman–Crippen MR) is 38.0 cm³/mol. The van der Waals surface area contributed by atoms with Crippen LogP contribution >= 0.6 is 0 Å². The fourth-order valence-corrected chi connectivity index (χ4v) is 0.895. The van der Waals surface area contributed by atoms with Crippen molar-refractivity contribution in [2.24, 2.45) is 5.73 Å². The maximum atomic E-state index is 10.9. The fraction of sp³-hybridized carbons (Fsp3) is 0.500. The van der Waals surface area contributed by atoms with Crippen molar-refractivity contribution in [1.82, 2.24) is 10.2 Å².